The van der Waals surface area contributed by atoms with Gasteiger partial charge in [-0.3, -0.25) is 0 Å². The molecule has 0 fully saturated rings. The van der Waals surface area contributed by atoms with E-state index in [-0.39, 0.29) is 21.8 Å². The lowest BCUT2D eigenvalue weighted by atomic mass is 9.27. The highest BCUT2D eigenvalue weighted by Crippen LogP contribution is 2.37. The van der Waals surface area contributed by atoms with Crippen molar-refractivity contribution in [3.8, 4) is 0 Å². The fraction of sp³-hybridized carbons (Fsp3) is 0.205. The number of rotatable bonds is 4. The SMILES string of the molecule is CC(C)(C)c1ccc2c(c1)c1cc(C(C)(C)C)ccc1n2C(=O)O[B-](c1c(F)c(F)c(F)c(F)c1F)(c1c(F)c(F)c(F)c(F)c1F)c1c(F)c(F)c(F)c(F)c1F. The van der Waals surface area contributed by atoms with E-state index in [9.17, 15) is 18.0 Å². The van der Waals surface area contributed by atoms with Crippen LogP contribution in [-0.2, 0) is 15.5 Å². The van der Waals surface area contributed by atoms with Crippen LogP contribution in [0.3, 0.4) is 0 Å². The zero-order valence-electron chi connectivity index (χ0n) is 30.5. The first kappa shape index (κ1) is 42.0. The van der Waals surface area contributed by atoms with E-state index in [1.165, 1.54) is 36.4 Å². The van der Waals surface area contributed by atoms with Gasteiger partial charge in [0.05, 0.1) is 11.0 Å². The Morgan fingerprint density at radius 3 is 0.914 bits per heavy atom. The largest absolute Gasteiger partial charge is 0.659 e. The summed E-state index contributed by atoms with van der Waals surface area (Å²) in [4.78, 5) is 14.6. The number of hydrogen-bond donors (Lipinski definition) is 0. The maximum Gasteiger partial charge on any atom is 0.371 e. The van der Waals surface area contributed by atoms with Gasteiger partial charge in [-0.15, -0.1) is 0 Å². The Balaban J connectivity index is 1.89. The van der Waals surface area contributed by atoms with Crippen LogP contribution in [0.4, 0.5) is 70.7 Å². The Morgan fingerprint density at radius 1 is 0.431 bits per heavy atom. The standard InChI is InChI=1S/C39H24BF15NO2/c1-38(2,3)13-7-9-17-15(11-13)16-12-14(39(4,5)6)8-10-18(16)56(17)37(57)58-40(19-22(41)28(47)34(53)29(48)23(19)42,20-24(43)30(49)35(54)31(50)25(20)44)21-26(45)32(51)36(55)33(52)27(21)46/h7-12H,1-6H3/q-1. The quantitative estimate of drug-likeness (QED) is 0.0767. The maximum atomic E-state index is 16.1. The Hall–Kier alpha value is -5.62. The minimum Gasteiger partial charge on any atom is -0.659 e. The molecule has 0 bridgehead atoms. The lowest BCUT2D eigenvalue weighted by molar-refractivity contribution is 0.204. The molecule has 1 heterocycles. The summed E-state index contributed by atoms with van der Waals surface area (Å²) in [5, 5.41) is 0.236. The van der Waals surface area contributed by atoms with Crippen molar-refractivity contribution in [2.45, 2.75) is 52.4 Å². The summed E-state index contributed by atoms with van der Waals surface area (Å²) in [6, 6.07) is 8.24. The zero-order chi connectivity index (χ0) is 43.5. The summed E-state index contributed by atoms with van der Waals surface area (Å²) >= 11 is 0. The van der Waals surface area contributed by atoms with Gasteiger partial charge in [-0.25, -0.2) is 75.2 Å². The summed E-state index contributed by atoms with van der Waals surface area (Å²) < 4.78 is 235. The molecule has 58 heavy (non-hydrogen) atoms. The molecule has 306 valence electrons. The first-order valence-electron chi connectivity index (χ1n) is 16.7. The second-order valence-electron chi connectivity index (χ2n) is 15.4. The van der Waals surface area contributed by atoms with Crippen LogP contribution >= 0.6 is 0 Å². The molecule has 0 aliphatic heterocycles. The van der Waals surface area contributed by atoms with Crippen LogP contribution in [0, 0.1) is 87.3 Å². The molecule has 0 amide bonds. The topological polar surface area (TPSA) is 31.2 Å². The van der Waals surface area contributed by atoms with Gasteiger partial charge >= 0.3 is 6.09 Å². The first-order chi connectivity index (χ1) is 26.7. The highest BCUT2D eigenvalue weighted by Gasteiger charge is 2.52. The molecule has 0 aliphatic carbocycles. The second kappa shape index (κ2) is 13.8. The Kier molecular flexibility index (Phi) is 9.96. The summed E-state index contributed by atoms with van der Waals surface area (Å²) in [7, 11) is 0. The van der Waals surface area contributed by atoms with Gasteiger partial charge in [0.25, 0.3) is 6.35 Å². The van der Waals surface area contributed by atoms with E-state index in [1.54, 1.807) is 41.5 Å². The number of halogens is 15. The minimum atomic E-state index is -6.61. The van der Waals surface area contributed by atoms with E-state index in [4.69, 9.17) is 4.65 Å². The predicted octanol–water partition coefficient (Wildman–Crippen LogP) is 10.1. The molecule has 0 saturated heterocycles. The molecule has 0 unspecified atom stereocenters. The van der Waals surface area contributed by atoms with Crippen molar-refractivity contribution in [1.82, 2.24) is 4.57 Å². The smallest absolute Gasteiger partial charge is 0.371 e. The van der Waals surface area contributed by atoms with E-state index < -0.39 is 127 Å². The number of carbonyl (C=O) groups excluding carboxylic acids is 1. The van der Waals surface area contributed by atoms with Crippen LogP contribution in [0.1, 0.15) is 52.7 Å². The summed E-state index contributed by atoms with van der Waals surface area (Å²) in [5.74, 6) is -48.5. The van der Waals surface area contributed by atoms with Gasteiger partial charge in [-0.2, -0.15) is 0 Å². The Labute approximate surface area is 317 Å². The van der Waals surface area contributed by atoms with Gasteiger partial charge < -0.3 is 4.65 Å². The number of benzene rings is 5. The third-order valence-corrected chi connectivity index (χ3v) is 9.91. The van der Waals surface area contributed by atoms with Crippen molar-refractivity contribution in [2.75, 3.05) is 0 Å². The van der Waals surface area contributed by atoms with Crippen LogP contribution in [0.25, 0.3) is 21.8 Å². The number of nitrogens with zero attached hydrogens (tertiary/aromatic N) is 1. The highest BCUT2D eigenvalue weighted by atomic mass is 19.2. The Bertz CT molecular complexity index is 2440. The third kappa shape index (κ3) is 5.98. The van der Waals surface area contributed by atoms with E-state index in [2.05, 4.69) is 0 Å². The first-order valence-corrected chi connectivity index (χ1v) is 16.7. The number of fused-ring (bicyclic) bond motifs is 3. The fourth-order valence-electron chi connectivity index (χ4n) is 6.90. The average molecular weight is 834 g/mol. The molecule has 0 N–H and O–H groups in total. The summed E-state index contributed by atoms with van der Waals surface area (Å²) in [5.41, 5.74) is -9.93. The van der Waals surface area contributed by atoms with Crippen molar-refractivity contribution in [2.24, 2.45) is 0 Å². The number of hydrogen-bond acceptors (Lipinski definition) is 2. The second-order valence-corrected chi connectivity index (χ2v) is 15.4. The summed E-state index contributed by atoms with van der Waals surface area (Å²) in [6.45, 7) is 10.7. The van der Waals surface area contributed by atoms with Gasteiger partial charge in [-0.05, 0) is 46.2 Å². The van der Waals surface area contributed by atoms with Gasteiger partial charge in [0, 0.05) is 10.8 Å². The molecule has 6 aromatic rings. The van der Waals surface area contributed by atoms with Crippen LogP contribution in [0.15, 0.2) is 36.4 Å². The molecular formula is C39H24BF15NO2-. The van der Waals surface area contributed by atoms with Gasteiger partial charge in [0.1, 0.15) is 34.9 Å². The highest BCUT2D eigenvalue weighted by molar-refractivity contribution is 7.08. The molecule has 5 aromatic carbocycles. The molecule has 0 radical (unpaired) electrons. The van der Waals surface area contributed by atoms with Crippen LogP contribution in [0.2, 0.25) is 0 Å². The van der Waals surface area contributed by atoms with Crippen LogP contribution < -0.4 is 16.4 Å². The minimum absolute atomic E-state index is 0.118. The summed E-state index contributed by atoms with van der Waals surface area (Å²) in [6.07, 6.45) is -8.99. The van der Waals surface area contributed by atoms with E-state index in [0.717, 1.165) is 0 Å². The number of aromatic nitrogens is 1. The molecule has 1 aromatic heterocycles. The monoisotopic (exact) mass is 834 g/mol. The average Bonchev–Trinajstić information content (AvgIpc) is 3.49. The molecule has 3 nitrogen and oxygen atoms in total. The molecule has 0 aliphatic rings. The van der Waals surface area contributed by atoms with Gasteiger partial charge in [0.2, 0.25) is 0 Å². The van der Waals surface area contributed by atoms with Crippen molar-refractivity contribution in [1.29, 1.82) is 0 Å². The molecular weight excluding hydrogens is 810 g/mol. The molecule has 6 rings (SSSR count). The lowest BCUT2D eigenvalue weighted by Crippen LogP contribution is -2.75. The van der Waals surface area contributed by atoms with E-state index in [1.807, 2.05) is 0 Å². The third-order valence-electron chi connectivity index (χ3n) is 9.91. The number of carbonyl (C=O) groups is 1. The van der Waals surface area contributed by atoms with E-state index >= 15 is 52.7 Å². The Morgan fingerprint density at radius 2 is 0.672 bits per heavy atom. The van der Waals surface area contributed by atoms with Crippen molar-refractivity contribution >= 4 is 50.6 Å². The van der Waals surface area contributed by atoms with Gasteiger partial charge in [-0.1, -0.05) is 70.1 Å². The normalized spacial score (nSPS) is 12.6. The van der Waals surface area contributed by atoms with Crippen LogP contribution in [0.5, 0.6) is 0 Å². The maximum absolute atomic E-state index is 16.1. The van der Waals surface area contributed by atoms with Crippen molar-refractivity contribution in [3.05, 3.63) is 135 Å². The zero-order valence-corrected chi connectivity index (χ0v) is 30.5. The van der Waals surface area contributed by atoms with Gasteiger partial charge in [0.15, 0.2) is 52.4 Å². The molecule has 0 atom stereocenters. The van der Waals surface area contributed by atoms with Crippen molar-refractivity contribution in [3.63, 3.8) is 0 Å². The van der Waals surface area contributed by atoms with Crippen LogP contribution in [-0.4, -0.2) is 17.0 Å². The molecule has 0 saturated carbocycles. The molecule has 0 spiro atoms. The van der Waals surface area contributed by atoms with Crippen molar-refractivity contribution < 1.29 is 75.3 Å². The fourth-order valence-corrected chi connectivity index (χ4v) is 6.90. The predicted molar refractivity (Wildman–Crippen MR) is 182 cm³/mol. The lowest BCUT2D eigenvalue weighted by Gasteiger charge is -2.44. The molecule has 19 heteroatoms. The van der Waals surface area contributed by atoms with E-state index in [0.29, 0.717) is 15.7 Å².